The van der Waals surface area contributed by atoms with Gasteiger partial charge in [0.1, 0.15) is 11.6 Å². The summed E-state index contributed by atoms with van der Waals surface area (Å²) >= 11 is 0. The fraction of sp³-hybridized carbons (Fsp3) is 0.364. The van der Waals surface area contributed by atoms with E-state index in [1.807, 2.05) is 24.9 Å². The Balaban J connectivity index is 1.43. The fourth-order valence-electron chi connectivity index (χ4n) is 4.59. The monoisotopic (exact) mass is 392 g/mol. The highest BCUT2D eigenvalue weighted by Gasteiger charge is 2.43. The van der Waals surface area contributed by atoms with Crippen molar-refractivity contribution in [2.24, 2.45) is 0 Å². The quantitative estimate of drug-likeness (QED) is 0.679. The number of aromatic nitrogens is 3. The highest BCUT2D eigenvalue weighted by atomic mass is 19.1. The average molecular weight is 392 g/mol. The maximum Gasteiger partial charge on any atom is 0.227 e. The maximum absolute atomic E-state index is 13.2. The number of nitrogens with zero attached hydrogens (tertiary/aromatic N) is 4. The van der Waals surface area contributed by atoms with E-state index in [-0.39, 0.29) is 23.8 Å². The van der Waals surface area contributed by atoms with Gasteiger partial charge < -0.3 is 9.42 Å². The molecule has 4 heterocycles. The van der Waals surface area contributed by atoms with Crippen LogP contribution in [0.1, 0.15) is 47.2 Å². The number of carbonyl (C=O) groups excluding carboxylic acids is 1. The van der Waals surface area contributed by atoms with Crippen LogP contribution >= 0.6 is 0 Å². The van der Waals surface area contributed by atoms with Crippen molar-refractivity contribution in [3.8, 4) is 11.4 Å². The van der Waals surface area contributed by atoms with Gasteiger partial charge in [-0.15, -0.1) is 0 Å². The van der Waals surface area contributed by atoms with Crippen LogP contribution in [-0.2, 0) is 17.6 Å². The van der Waals surface area contributed by atoms with E-state index in [9.17, 15) is 9.18 Å². The molecule has 0 aliphatic carbocycles. The molecule has 2 bridgehead atoms. The number of hydrogen-bond acceptors (Lipinski definition) is 5. The second-order valence-corrected chi connectivity index (χ2v) is 7.83. The van der Waals surface area contributed by atoms with E-state index in [0.717, 1.165) is 47.3 Å². The molecule has 2 aliphatic heterocycles. The van der Waals surface area contributed by atoms with Gasteiger partial charge in [-0.1, -0.05) is 5.16 Å². The minimum Gasteiger partial charge on any atom is -0.361 e. The van der Waals surface area contributed by atoms with Gasteiger partial charge in [0.15, 0.2) is 5.82 Å². The van der Waals surface area contributed by atoms with E-state index >= 15 is 0 Å². The highest BCUT2D eigenvalue weighted by Crippen LogP contribution is 2.43. The maximum atomic E-state index is 13.2. The molecule has 2 unspecified atom stereocenters. The Hall–Kier alpha value is -3.09. The Bertz CT molecular complexity index is 1070. The first kappa shape index (κ1) is 18.0. The van der Waals surface area contributed by atoms with Crippen LogP contribution in [0.4, 0.5) is 4.39 Å². The Labute approximate surface area is 167 Å². The molecule has 2 aliphatic rings. The first-order valence-corrected chi connectivity index (χ1v) is 9.86. The van der Waals surface area contributed by atoms with Gasteiger partial charge in [0.2, 0.25) is 5.91 Å². The number of carbonyl (C=O) groups is 1. The van der Waals surface area contributed by atoms with E-state index < -0.39 is 0 Å². The molecule has 6 nitrogen and oxygen atoms in total. The van der Waals surface area contributed by atoms with E-state index in [0.29, 0.717) is 18.0 Å². The number of benzene rings is 1. The number of halogens is 1. The third-order valence-electron chi connectivity index (χ3n) is 6.09. The van der Waals surface area contributed by atoms with Crippen molar-refractivity contribution in [3.05, 3.63) is 64.6 Å². The summed E-state index contributed by atoms with van der Waals surface area (Å²) < 4.78 is 18.4. The lowest BCUT2D eigenvalue weighted by Crippen LogP contribution is -2.43. The van der Waals surface area contributed by atoms with Crippen LogP contribution in [0.3, 0.4) is 0 Å². The third-order valence-corrected chi connectivity index (χ3v) is 6.09. The molecular formula is C22H21FN4O2. The fourth-order valence-corrected chi connectivity index (χ4v) is 4.59. The lowest BCUT2D eigenvalue weighted by molar-refractivity contribution is -0.134. The second kappa shape index (κ2) is 6.76. The topological polar surface area (TPSA) is 72.1 Å². The molecule has 1 aromatic carbocycles. The largest absolute Gasteiger partial charge is 0.361 e. The molecule has 2 atom stereocenters. The molecule has 2 aromatic heterocycles. The second-order valence-electron chi connectivity index (χ2n) is 7.83. The van der Waals surface area contributed by atoms with Gasteiger partial charge >= 0.3 is 0 Å². The zero-order valence-electron chi connectivity index (χ0n) is 16.4. The molecule has 0 spiro atoms. The number of aryl methyl sites for hydroxylation is 2. The summed E-state index contributed by atoms with van der Waals surface area (Å²) in [5, 5.41) is 3.96. The molecule has 5 rings (SSSR count). The zero-order valence-corrected chi connectivity index (χ0v) is 16.4. The lowest BCUT2D eigenvalue weighted by Gasteiger charge is -2.35. The molecule has 0 N–H and O–H groups in total. The van der Waals surface area contributed by atoms with Crippen LogP contribution in [-0.4, -0.2) is 32.0 Å². The Morgan fingerprint density at radius 1 is 1.24 bits per heavy atom. The minimum atomic E-state index is -0.280. The van der Waals surface area contributed by atoms with Gasteiger partial charge in [0, 0.05) is 35.3 Å². The van der Waals surface area contributed by atoms with E-state index in [4.69, 9.17) is 9.51 Å². The SMILES string of the molecule is Cc1noc(C)c1CC(=O)N1C2CCC1c1cnc(-c3ccc(F)cc3)nc1C2. The van der Waals surface area contributed by atoms with Crippen molar-refractivity contribution in [3.63, 3.8) is 0 Å². The van der Waals surface area contributed by atoms with Crippen molar-refractivity contribution in [1.82, 2.24) is 20.0 Å². The molecule has 0 saturated carbocycles. The van der Waals surface area contributed by atoms with Crippen LogP contribution in [0.5, 0.6) is 0 Å². The summed E-state index contributed by atoms with van der Waals surface area (Å²) in [6.45, 7) is 3.71. The summed E-state index contributed by atoms with van der Waals surface area (Å²) in [6.07, 6.45) is 4.74. The molecule has 1 amide bonds. The van der Waals surface area contributed by atoms with Crippen molar-refractivity contribution in [2.75, 3.05) is 0 Å². The molecule has 1 saturated heterocycles. The number of hydrogen-bond donors (Lipinski definition) is 0. The van der Waals surface area contributed by atoms with Crippen molar-refractivity contribution >= 4 is 5.91 Å². The normalized spacial score (nSPS) is 20.0. The van der Waals surface area contributed by atoms with Crippen LogP contribution in [0.2, 0.25) is 0 Å². The Morgan fingerprint density at radius 3 is 2.76 bits per heavy atom. The smallest absolute Gasteiger partial charge is 0.227 e. The molecule has 29 heavy (non-hydrogen) atoms. The average Bonchev–Trinajstić information content (AvgIpc) is 3.21. The summed E-state index contributed by atoms with van der Waals surface area (Å²) in [4.78, 5) is 24.4. The van der Waals surface area contributed by atoms with Crippen molar-refractivity contribution < 1.29 is 13.7 Å². The van der Waals surface area contributed by atoms with Gasteiger partial charge in [-0.05, 0) is 51.0 Å². The van der Waals surface area contributed by atoms with E-state index in [1.54, 1.807) is 12.1 Å². The van der Waals surface area contributed by atoms with Crippen molar-refractivity contribution in [1.29, 1.82) is 0 Å². The van der Waals surface area contributed by atoms with Gasteiger partial charge in [0.05, 0.1) is 23.9 Å². The summed E-state index contributed by atoms with van der Waals surface area (Å²) in [5.74, 6) is 1.11. The molecule has 3 aromatic rings. The van der Waals surface area contributed by atoms with E-state index in [1.165, 1.54) is 12.1 Å². The van der Waals surface area contributed by atoms with Crippen LogP contribution in [0.25, 0.3) is 11.4 Å². The first-order valence-electron chi connectivity index (χ1n) is 9.86. The Morgan fingerprint density at radius 2 is 2.03 bits per heavy atom. The minimum absolute atomic E-state index is 0.0130. The molecule has 7 heteroatoms. The number of rotatable bonds is 3. The molecule has 0 radical (unpaired) electrons. The molecule has 148 valence electrons. The summed E-state index contributed by atoms with van der Waals surface area (Å²) in [6, 6.07) is 6.37. The molecule has 1 fully saturated rings. The third kappa shape index (κ3) is 3.01. The highest BCUT2D eigenvalue weighted by molar-refractivity contribution is 5.81. The van der Waals surface area contributed by atoms with Gasteiger partial charge in [-0.2, -0.15) is 0 Å². The zero-order chi connectivity index (χ0) is 20.1. The standard InChI is InChI=1S/C22H21FN4O2/c1-12-17(13(2)29-26-12)10-21(28)27-16-7-8-20(27)18-11-24-22(25-19(18)9-16)14-3-5-15(23)6-4-14/h3-6,11,16,20H,7-10H2,1-2H3. The predicted octanol–water partition coefficient (Wildman–Crippen LogP) is 3.72. The van der Waals surface area contributed by atoms with Gasteiger partial charge in [-0.25, -0.2) is 14.4 Å². The number of fused-ring (bicyclic) bond motifs is 4. The van der Waals surface area contributed by atoms with Crippen molar-refractivity contribution in [2.45, 2.75) is 51.6 Å². The van der Waals surface area contributed by atoms with Crippen LogP contribution in [0, 0.1) is 19.7 Å². The predicted molar refractivity (Wildman–Crippen MR) is 103 cm³/mol. The Kier molecular flexibility index (Phi) is 4.19. The van der Waals surface area contributed by atoms with Crippen LogP contribution < -0.4 is 0 Å². The van der Waals surface area contributed by atoms with Gasteiger partial charge in [-0.3, -0.25) is 4.79 Å². The number of amides is 1. The molecular weight excluding hydrogens is 371 g/mol. The summed E-state index contributed by atoms with van der Waals surface area (Å²) in [5.41, 5.74) is 4.46. The lowest BCUT2D eigenvalue weighted by atomic mass is 9.97. The first-order chi connectivity index (χ1) is 14.0. The van der Waals surface area contributed by atoms with Gasteiger partial charge in [0.25, 0.3) is 0 Å². The van der Waals surface area contributed by atoms with E-state index in [2.05, 4.69) is 10.1 Å². The summed E-state index contributed by atoms with van der Waals surface area (Å²) in [7, 11) is 0. The van der Waals surface area contributed by atoms with Crippen LogP contribution in [0.15, 0.2) is 35.0 Å².